The van der Waals surface area contributed by atoms with Crippen LogP contribution < -0.4 is 9.47 Å². The fraction of sp³-hybridized carbons (Fsp3) is 0.400. The van der Waals surface area contributed by atoms with Gasteiger partial charge in [0.15, 0.2) is 0 Å². The normalized spacial score (nSPS) is 14.3. The molecule has 1 amide bonds. The van der Waals surface area contributed by atoms with Crippen LogP contribution in [0.3, 0.4) is 0 Å². The predicted molar refractivity (Wildman–Crippen MR) is 124 cm³/mol. The number of ether oxygens (including phenoxy) is 2. The lowest BCUT2D eigenvalue weighted by molar-refractivity contribution is -0.133. The van der Waals surface area contributed by atoms with E-state index in [2.05, 4.69) is 15.1 Å². The summed E-state index contributed by atoms with van der Waals surface area (Å²) in [4.78, 5) is 16.9. The molecule has 1 fully saturated rings. The molecule has 3 aromatic rings. The molecule has 0 spiro atoms. The molecule has 2 aromatic carbocycles. The molecule has 0 atom stereocenters. The fourth-order valence-corrected chi connectivity index (χ4v) is 3.72. The Morgan fingerprint density at radius 2 is 1.67 bits per heavy atom. The third-order valence-corrected chi connectivity index (χ3v) is 5.78. The van der Waals surface area contributed by atoms with Crippen LogP contribution >= 0.6 is 0 Å². The predicted octanol–water partition coefficient (Wildman–Crippen LogP) is 3.21. The van der Waals surface area contributed by atoms with Gasteiger partial charge in [0.05, 0.1) is 7.11 Å². The number of aryl methyl sites for hydroxylation is 2. The Kier molecular flexibility index (Phi) is 7.57. The average molecular weight is 451 g/mol. The number of hydrogen-bond donors (Lipinski definition) is 0. The first-order valence-corrected chi connectivity index (χ1v) is 11.3. The number of methoxy groups -OCH3 is 1. The van der Waals surface area contributed by atoms with E-state index in [1.165, 1.54) is 5.56 Å². The van der Waals surface area contributed by atoms with Crippen LogP contribution in [0.5, 0.6) is 11.5 Å². The second kappa shape index (κ2) is 11.0. The highest BCUT2D eigenvalue weighted by atomic mass is 16.5. The van der Waals surface area contributed by atoms with E-state index < -0.39 is 0 Å². The van der Waals surface area contributed by atoms with Crippen molar-refractivity contribution in [2.45, 2.75) is 19.8 Å². The molecule has 8 heteroatoms. The molecular weight excluding hydrogens is 420 g/mol. The van der Waals surface area contributed by atoms with Crippen molar-refractivity contribution >= 4 is 5.91 Å². The zero-order valence-electron chi connectivity index (χ0n) is 19.2. The third kappa shape index (κ3) is 6.32. The summed E-state index contributed by atoms with van der Waals surface area (Å²) in [5.74, 6) is 2.75. The molecule has 174 valence electrons. The van der Waals surface area contributed by atoms with Gasteiger partial charge in [-0.3, -0.25) is 9.69 Å². The standard InChI is InChI=1S/C25H30N4O4/c1-19-3-5-20(6-4-19)25-27-26-23(33-25)11-12-24(30)29-15-13-28(14-16-29)17-18-32-22-9-7-21(31-2)8-10-22/h3-10H,11-18H2,1-2H3. The van der Waals surface area contributed by atoms with Gasteiger partial charge in [0.25, 0.3) is 0 Å². The summed E-state index contributed by atoms with van der Waals surface area (Å²) in [6.07, 6.45) is 0.823. The first-order chi connectivity index (χ1) is 16.1. The van der Waals surface area contributed by atoms with Crippen LogP contribution in [0.4, 0.5) is 0 Å². The zero-order chi connectivity index (χ0) is 23.0. The summed E-state index contributed by atoms with van der Waals surface area (Å²) in [5.41, 5.74) is 2.06. The van der Waals surface area contributed by atoms with Crippen molar-refractivity contribution in [1.29, 1.82) is 0 Å². The summed E-state index contributed by atoms with van der Waals surface area (Å²) in [7, 11) is 1.65. The summed E-state index contributed by atoms with van der Waals surface area (Å²) in [5, 5.41) is 8.21. The minimum absolute atomic E-state index is 0.124. The maximum absolute atomic E-state index is 12.6. The van der Waals surface area contributed by atoms with Gasteiger partial charge in [-0.1, -0.05) is 17.7 Å². The number of piperazine rings is 1. The molecule has 1 aliphatic rings. The molecule has 1 saturated heterocycles. The van der Waals surface area contributed by atoms with Gasteiger partial charge in [0.2, 0.25) is 17.7 Å². The second-order valence-corrected chi connectivity index (χ2v) is 8.11. The Bertz CT molecular complexity index is 1030. The van der Waals surface area contributed by atoms with E-state index in [9.17, 15) is 4.79 Å². The summed E-state index contributed by atoms with van der Waals surface area (Å²) in [6, 6.07) is 15.5. The highest BCUT2D eigenvalue weighted by Crippen LogP contribution is 2.19. The zero-order valence-corrected chi connectivity index (χ0v) is 19.2. The van der Waals surface area contributed by atoms with Gasteiger partial charge in [0.1, 0.15) is 18.1 Å². The summed E-state index contributed by atoms with van der Waals surface area (Å²) < 4.78 is 16.7. The highest BCUT2D eigenvalue weighted by Gasteiger charge is 2.21. The lowest BCUT2D eigenvalue weighted by Crippen LogP contribution is -2.49. The van der Waals surface area contributed by atoms with Gasteiger partial charge >= 0.3 is 0 Å². The first kappa shape index (κ1) is 22.8. The van der Waals surface area contributed by atoms with Gasteiger partial charge in [-0.15, -0.1) is 10.2 Å². The molecule has 2 heterocycles. The molecule has 1 aromatic heterocycles. The number of amides is 1. The van der Waals surface area contributed by atoms with Crippen LogP contribution in [0.1, 0.15) is 17.9 Å². The van der Waals surface area contributed by atoms with Crippen molar-refractivity contribution in [3.8, 4) is 23.0 Å². The Morgan fingerprint density at radius 3 is 2.36 bits per heavy atom. The van der Waals surface area contributed by atoms with E-state index in [1.54, 1.807) is 7.11 Å². The van der Waals surface area contributed by atoms with E-state index >= 15 is 0 Å². The van der Waals surface area contributed by atoms with Gasteiger partial charge in [-0.05, 0) is 43.3 Å². The average Bonchev–Trinajstić information content (AvgIpc) is 3.33. The lowest BCUT2D eigenvalue weighted by Gasteiger charge is -2.34. The van der Waals surface area contributed by atoms with Crippen LogP contribution in [-0.2, 0) is 11.2 Å². The van der Waals surface area contributed by atoms with E-state index in [4.69, 9.17) is 13.9 Å². The molecule has 4 rings (SSSR count). The largest absolute Gasteiger partial charge is 0.497 e. The Balaban J connectivity index is 1.15. The van der Waals surface area contributed by atoms with Crippen molar-refractivity contribution in [2.75, 3.05) is 46.4 Å². The smallest absolute Gasteiger partial charge is 0.247 e. The molecule has 0 unspecified atom stereocenters. The summed E-state index contributed by atoms with van der Waals surface area (Å²) >= 11 is 0. The van der Waals surface area contributed by atoms with E-state index in [-0.39, 0.29) is 5.91 Å². The number of carbonyl (C=O) groups is 1. The van der Waals surface area contributed by atoms with Crippen LogP contribution in [-0.4, -0.2) is 72.3 Å². The minimum Gasteiger partial charge on any atom is -0.497 e. The van der Waals surface area contributed by atoms with Crippen molar-refractivity contribution in [1.82, 2.24) is 20.0 Å². The number of aromatic nitrogens is 2. The third-order valence-electron chi connectivity index (χ3n) is 5.78. The van der Waals surface area contributed by atoms with Crippen molar-refractivity contribution in [3.05, 3.63) is 60.0 Å². The van der Waals surface area contributed by atoms with E-state index in [1.807, 2.05) is 60.4 Å². The van der Waals surface area contributed by atoms with Gasteiger partial charge in [0, 0.05) is 51.1 Å². The van der Waals surface area contributed by atoms with Gasteiger partial charge < -0.3 is 18.8 Å². The second-order valence-electron chi connectivity index (χ2n) is 8.11. The lowest BCUT2D eigenvalue weighted by atomic mass is 10.1. The van der Waals surface area contributed by atoms with Crippen LogP contribution in [0, 0.1) is 6.92 Å². The quantitative estimate of drug-likeness (QED) is 0.495. The Labute approximate surface area is 194 Å². The van der Waals surface area contributed by atoms with Crippen molar-refractivity contribution in [2.24, 2.45) is 0 Å². The SMILES string of the molecule is COc1ccc(OCCN2CCN(C(=O)CCc3nnc(-c4ccc(C)cc4)o3)CC2)cc1. The number of hydrogen-bond acceptors (Lipinski definition) is 7. The van der Waals surface area contributed by atoms with E-state index in [0.717, 1.165) is 49.8 Å². The van der Waals surface area contributed by atoms with Gasteiger partial charge in [-0.25, -0.2) is 0 Å². The van der Waals surface area contributed by atoms with Crippen LogP contribution in [0.2, 0.25) is 0 Å². The molecule has 0 radical (unpaired) electrons. The first-order valence-electron chi connectivity index (χ1n) is 11.3. The molecule has 0 saturated carbocycles. The maximum Gasteiger partial charge on any atom is 0.247 e. The molecule has 0 aliphatic carbocycles. The highest BCUT2D eigenvalue weighted by molar-refractivity contribution is 5.76. The fourth-order valence-electron chi connectivity index (χ4n) is 3.72. The topological polar surface area (TPSA) is 80.9 Å². The van der Waals surface area contributed by atoms with Crippen molar-refractivity contribution in [3.63, 3.8) is 0 Å². The molecule has 0 N–H and O–H groups in total. The number of benzene rings is 2. The molecule has 1 aliphatic heterocycles. The molecule has 33 heavy (non-hydrogen) atoms. The number of rotatable bonds is 9. The molecule has 0 bridgehead atoms. The summed E-state index contributed by atoms with van der Waals surface area (Å²) in [6.45, 7) is 6.61. The number of carbonyl (C=O) groups excluding carboxylic acids is 1. The Hall–Kier alpha value is -3.39. The maximum atomic E-state index is 12.6. The number of nitrogens with zero attached hydrogens (tertiary/aromatic N) is 4. The van der Waals surface area contributed by atoms with E-state index in [0.29, 0.717) is 31.2 Å². The van der Waals surface area contributed by atoms with Crippen LogP contribution in [0.15, 0.2) is 52.9 Å². The Morgan fingerprint density at radius 1 is 0.970 bits per heavy atom. The molecular formula is C25H30N4O4. The molecule has 8 nitrogen and oxygen atoms in total. The van der Waals surface area contributed by atoms with Crippen LogP contribution in [0.25, 0.3) is 11.5 Å². The monoisotopic (exact) mass is 450 g/mol. The van der Waals surface area contributed by atoms with Gasteiger partial charge in [-0.2, -0.15) is 0 Å². The minimum atomic E-state index is 0.124. The van der Waals surface area contributed by atoms with Crippen molar-refractivity contribution < 1.29 is 18.7 Å².